The Hall–Kier alpha value is -2.89. The molecule has 2 amide bonds. The zero-order valence-electron chi connectivity index (χ0n) is 9.83. The number of aromatic nitrogens is 1. The normalized spacial score (nSPS) is 9.89. The van der Waals surface area contributed by atoms with Gasteiger partial charge in [-0.1, -0.05) is 0 Å². The predicted octanol–water partition coefficient (Wildman–Crippen LogP) is 1.14. The summed E-state index contributed by atoms with van der Waals surface area (Å²) in [6.07, 6.45) is 2.57. The van der Waals surface area contributed by atoms with E-state index in [-0.39, 0.29) is 11.3 Å². The van der Waals surface area contributed by atoms with Crippen LogP contribution in [0, 0.1) is 0 Å². The van der Waals surface area contributed by atoms with Crippen LogP contribution in [0.25, 0.3) is 0 Å². The first-order valence-electron chi connectivity index (χ1n) is 5.41. The van der Waals surface area contributed by atoms with Gasteiger partial charge in [0, 0.05) is 17.4 Å². The van der Waals surface area contributed by atoms with E-state index in [1.54, 1.807) is 12.1 Å². The number of aromatic hydroxyl groups is 1. The van der Waals surface area contributed by atoms with Gasteiger partial charge in [-0.15, -0.1) is 0 Å². The molecule has 0 saturated heterocycles. The minimum absolute atomic E-state index is 0.0864. The minimum atomic E-state index is -0.532. The Bertz CT molecular complexity index is 623. The number of hydrogen-bond acceptors (Lipinski definition) is 4. The zero-order chi connectivity index (χ0) is 13.8. The van der Waals surface area contributed by atoms with Crippen LogP contribution in [-0.4, -0.2) is 21.9 Å². The van der Waals surface area contributed by atoms with Crippen molar-refractivity contribution in [3.8, 4) is 5.75 Å². The molecular formula is C13H11N3O3. The van der Waals surface area contributed by atoms with Gasteiger partial charge >= 0.3 is 0 Å². The average Bonchev–Trinajstić information content (AvgIpc) is 2.39. The van der Waals surface area contributed by atoms with Crippen molar-refractivity contribution in [2.24, 2.45) is 5.73 Å². The first-order chi connectivity index (χ1) is 9.06. The van der Waals surface area contributed by atoms with Gasteiger partial charge in [0.2, 0.25) is 5.91 Å². The molecule has 6 nitrogen and oxygen atoms in total. The summed E-state index contributed by atoms with van der Waals surface area (Å²) in [5.74, 6) is -1.03. The van der Waals surface area contributed by atoms with Gasteiger partial charge in [-0.25, -0.2) is 0 Å². The predicted molar refractivity (Wildman–Crippen MR) is 68.8 cm³/mol. The quantitative estimate of drug-likeness (QED) is 0.766. The van der Waals surface area contributed by atoms with Gasteiger partial charge in [0.25, 0.3) is 5.91 Å². The van der Waals surface area contributed by atoms with Crippen molar-refractivity contribution in [2.45, 2.75) is 0 Å². The third-order valence-corrected chi connectivity index (χ3v) is 2.41. The number of pyridine rings is 1. The molecule has 1 aromatic heterocycles. The van der Waals surface area contributed by atoms with E-state index in [0.717, 1.165) is 0 Å². The van der Waals surface area contributed by atoms with E-state index in [1.165, 1.54) is 30.6 Å². The van der Waals surface area contributed by atoms with Crippen molar-refractivity contribution >= 4 is 17.5 Å². The van der Waals surface area contributed by atoms with E-state index in [9.17, 15) is 14.7 Å². The monoisotopic (exact) mass is 257 g/mol. The van der Waals surface area contributed by atoms with Crippen molar-refractivity contribution in [3.63, 3.8) is 0 Å². The number of nitrogens with one attached hydrogen (secondary N) is 1. The van der Waals surface area contributed by atoms with Gasteiger partial charge < -0.3 is 16.2 Å². The third kappa shape index (κ3) is 3.06. The Morgan fingerprint density at radius 2 is 1.79 bits per heavy atom. The highest BCUT2D eigenvalue weighted by Gasteiger charge is 2.07. The molecular weight excluding hydrogens is 246 g/mol. The molecule has 0 aliphatic carbocycles. The smallest absolute Gasteiger partial charge is 0.257 e. The Morgan fingerprint density at radius 1 is 1.11 bits per heavy atom. The molecule has 19 heavy (non-hydrogen) atoms. The summed E-state index contributed by atoms with van der Waals surface area (Å²) >= 11 is 0. The molecule has 0 aliphatic heterocycles. The lowest BCUT2D eigenvalue weighted by Crippen LogP contribution is -2.13. The Morgan fingerprint density at radius 3 is 2.37 bits per heavy atom. The van der Waals surface area contributed by atoms with Crippen LogP contribution in [-0.2, 0) is 0 Å². The van der Waals surface area contributed by atoms with E-state index in [1.807, 2.05) is 0 Å². The van der Waals surface area contributed by atoms with Crippen molar-refractivity contribution in [3.05, 3.63) is 53.9 Å². The topological polar surface area (TPSA) is 105 Å². The average molecular weight is 257 g/mol. The molecule has 0 bridgehead atoms. The van der Waals surface area contributed by atoms with Gasteiger partial charge in [-0.2, -0.15) is 0 Å². The van der Waals surface area contributed by atoms with E-state index >= 15 is 0 Å². The Kier molecular flexibility index (Phi) is 3.42. The maximum absolute atomic E-state index is 11.8. The summed E-state index contributed by atoms with van der Waals surface area (Å²) in [5, 5.41) is 11.8. The largest absolute Gasteiger partial charge is 0.506 e. The number of hydrogen-bond donors (Lipinski definition) is 3. The van der Waals surface area contributed by atoms with Gasteiger partial charge in [-0.3, -0.25) is 14.6 Å². The number of nitrogens with two attached hydrogens (primary N) is 1. The van der Waals surface area contributed by atoms with E-state index < -0.39 is 11.8 Å². The molecule has 2 rings (SSSR count). The standard InChI is InChI=1S/C13H11N3O3/c14-12(18)8-1-3-10(4-2-8)16-13(19)9-5-11(17)7-15-6-9/h1-7,17H,(H2,14,18)(H,16,19). The van der Waals surface area contributed by atoms with Crippen LogP contribution >= 0.6 is 0 Å². The van der Waals surface area contributed by atoms with E-state index in [2.05, 4.69) is 10.3 Å². The zero-order valence-corrected chi connectivity index (χ0v) is 9.83. The van der Waals surface area contributed by atoms with Crippen LogP contribution in [0.5, 0.6) is 5.75 Å². The summed E-state index contributed by atoms with van der Waals surface area (Å²) in [7, 11) is 0. The molecule has 6 heteroatoms. The number of primary amides is 1. The summed E-state index contributed by atoms with van der Waals surface area (Å²) < 4.78 is 0. The Balaban J connectivity index is 2.13. The molecule has 0 fully saturated rings. The maximum Gasteiger partial charge on any atom is 0.257 e. The molecule has 1 heterocycles. The van der Waals surface area contributed by atoms with Crippen molar-refractivity contribution < 1.29 is 14.7 Å². The summed E-state index contributed by atoms with van der Waals surface area (Å²) in [4.78, 5) is 26.4. The molecule has 0 spiro atoms. The van der Waals surface area contributed by atoms with Crippen LogP contribution in [0.2, 0.25) is 0 Å². The Labute approximate surface area is 108 Å². The van der Waals surface area contributed by atoms with Crippen LogP contribution in [0.15, 0.2) is 42.7 Å². The number of carbonyl (C=O) groups is 2. The molecule has 2 aromatic rings. The first-order valence-corrected chi connectivity index (χ1v) is 5.41. The fourth-order valence-electron chi connectivity index (χ4n) is 1.47. The number of carbonyl (C=O) groups excluding carboxylic acids is 2. The molecule has 0 aliphatic rings. The fourth-order valence-corrected chi connectivity index (χ4v) is 1.47. The van der Waals surface area contributed by atoms with Gasteiger partial charge in [0.05, 0.1) is 11.8 Å². The number of benzene rings is 1. The molecule has 0 saturated carbocycles. The molecule has 0 atom stereocenters. The fraction of sp³-hybridized carbons (Fsp3) is 0. The maximum atomic E-state index is 11.8. The lowest BCUT2D eigenvalue weighted by atomic mass is 10.2. The molecule has 0 radical (unpaired) electrons. The highest BCUT2D eigenvalue weighted by Crippen LogP contribution is 2.13. The first kappa shape index (κ1) is 12.6. The molecule has 96 valence electrons. The molecule has 1 aromatic carbocycles. The van der Waals surface area contributed by atoms with E-state index in [0.29, 0.717) is 11.3 Å². The summed E-state index contributed by atoms with van der Waals surface area (Å²) in [6, 6.07) is 7.46. The number of rotatable bonds is 3. The minimum Gasteiger partial charge on any atom is -0.506 e. The number of nitrogens with zero attached hydrogens (tertiary/aromatic N) is 1. The summed E-state index contributed by atoms with van der Waals surface area (Å²) in [5.41, 5.74) is 6.22. The van der Waals surface area contributed by atoms with Crippen LogP contribution in [0.3, 0.4) is 0 Å². The second-order valence-electron chi connectivity index (χ2n) is 3.83. The second-order valence-corrected chi connectivity index (χ2v) is 3.83. The molecule has 0 unspecified atom stereocenters. The van der Waals surface area contributed by atoms with E-state index in [4.69, 9.17) is 5.73 Å². The van der Waals surface area contributed by atoms with Crippen LogP contribution in [0.1, 0.15) is 20.7 Å². The van der Waals surface area contributed by atoms with Crippen LogP contribution < -0.4 is 11.1 Å². The summed E-state index contributed by atoms with van der Waals surface area (Å²) in [6.45, 7) is 0. The lowest BCUT2D eigenvalue weighted by molar-refractivity contribution is 0.0998. The van der Waals surface area contributed by atoms with Crippen molar-refractivity contribution in [1.29, 1.82) is 0 Å². The van der Waals surface area contributed by atoms with Gasteiger partial charge in [0.15, 0.2) is 0 Å². The number of amides is 2. The SMILES string of the molecule is NC(=O)c1ccc(NC(=O)c2cncc(O)c2)cc1. The third-order valence-electron chi connectivity index (χ3n) is 2.41. The van der Waals surface area contributed by atoms with Gasteiger partial charge in [-0.05, 0) is 30.3 Å². The molecule has 4 N–H and O–H groups in total. The highest BCUT2D eigenvalue weighted by atomic mass is 16.3. The lowest BCUT2D eigenvalue weighted by Gasteiger charge is -2.05. The van der Waals surface area contributed by atoms with Crippen molar-refractivity contribution in [2.75, 3.05) is 5.32 Å². The van der Waals surface area contributed by atoms with Gasteiger partial charge in [0.1, 0.15) is 5.75 Å². The second kappa shape index (κ2) is 5.18. The highest BCUT2D eigenvalue weighted by molar-refractivity contribution is 6.04. The number of anilines is 1. The van der Waals surface area contributed by atoms with Crippen LogP contribution in [0.4, 0.5) is 5.69 Å². The van der Waals surface area contributed by atoms with Crippen molar-refractivity contribution in [1.82, 2.24) is 4.98 Å².